The highest BCUT2D eigenvalue weighted by atomic mass is 19.3. The molecular formula is C11H18F2N2O3. The third-order valence-electron chi connectivity index (χ3n) is 2.42. The molecule has 104 valence electrons. The Kier molecular flexibility index (Phi) is 3.83. The van der Waals surface area contributed by atoms with Crippen LogP contribution in [0.4, 0.5) is 13.6 Å². The van der Waals surface area contributed by atoms with E-state index in [0.29, 0.717) is 0 Å². The average Bonchev–Trinajstić information content (AvgIpc) is 2.51. The van der Waals surface area contributed by atoms with E-state index < -0.39 is 36.6 Å². The summed E-state index contributed by atoms with van der Waals surface area (Å²) in [5.74, 6) is -3.38. The van der Waals surface area contributed by atoms with Gasteiger partial charge in [0.1, 0.15) is 11.6 Å². The van der Waals surface area contributed by atoms with E-state index in [4.69, 9.17) is 10.1 Å². The van der Waals surface area contributed by atoms with Crippen molar-refractivity contribution in [2.75, 3.05) is 13.7 Å². The molecule has 0 radical (unpaired) electrons. The molecule has 0 bridgehead atoms. The van der Waals surface area contributed by atoms with Crippen LogP contribution in [0.15, 0.2) is 0 Å². The van der Waals surface area contributed by atoms with Gasteiger partial charge in [-0.2, -0.15) is 0 Å². The van der Waals surface area contributed by atoms with Crippen LogP contribution < -0.4 is 0 Å². The molecule has 1 saturated heterocycles. The fourth-order valence-corrected chi connectivity index (χ4v) is 1.70. The molecular weight excluding hydrogens is 246 g/mol. The predicted octanol–water partition coefficient (Wildman–Crippen LogP) is 2.25. The number of nitrogens with one attached hydrogen (secondary N) is 1. The monoisotopic (exact) mass is 264 g/mol. The van der Waals surface area contributed by atoms with Crippen molar-refractivity contribution < 1.29 is 23.0 Å². The van der Waals surface area contributed by atoms with E-state index in [2.05, 4.69) is 4.74 Å². The molecule has 0 aromatic rings. The van der Waals surface area contributed by atoms with Gasteiger partial charge in [0, 0.05) is 6.42 Å². The van der Waals surface area contributed by atoms with Crippen molar-refractivity contribution in [3.05, 3.63) is 0 Å². The zero-order chi connectivity index (χ0) is 14.1. The van der Waals surface area contributed by atoms with Crippen molar-refractivity contribution in [2.45, 2.75) is 44.8 Å². The van der Waals surface area contributed by atoms with Crippen molar-refractivity contribution >= 4 is 12.0 Å². The number of halogens is 2. The fraction of sp³-hybridized carbons (Fsp3) is 0.818. The Bertz CT molecular complexity index is 353. The zero-order valence-corrected chi connectivity index (χ0v) is 10.9. The number of methoxy groups -OCH3 is 1. The molecule has 1 unspecified atom stereocenters. The van der Waals surface area contributed by atoms with Gasteiger partial charge in [0.15, 0.2) is 0 Å². The maximum Gasteiger partial charge on any atom is 0.411 e. The lowest BCUT2D eigenvalue weighted by Crippen LogP contribution is -2.43. The second-order valence-electron chi connectivity index (χ2n) is 5.25. The molecule has 1 fully saturated rings. The minimum Gasteiger partial charge on any atom is -0.483 e. The molecule has 0 aliphatic carbocycles. The molecule has 1 atom stereocenters. The largest absolute Gasteiger partial charge is 0.483 e. The van der Waals surface area contributed by atoms with Crippen LogP contribution in [0.3, 0.4) is 0 Å². The van der Waals surface area contributed by atoms with Crippen LogP contribution >= 0.6 is 0 Å². The molecule has 0 aromatic carbocycles. The number of nitrogens with zero attached hydrogens (tertiary/aromatic N) is 1. The third-order valence-corrected chi connectivity index (χ3v) is 2.42. The quantitative estimate of drug-likeness (QED) is 0.583. The van der Waals surface area contributed by atoms with Crippen LogP contribution in [0.2, 0.25) is 0 Å². The van der Waals surface area contributed by atoms with Gasteiger partial charge in [0.2, 0.25) is 5.90 Å². The molecule has 1 N–H and O–H groups in total. The minimum atomic E-state index is -3.02. The van der Waals surface area contributed by atoms with Gasteiger partial charge in [0.05, 0.1) is 13.7 Å². The van der Waals surface area contributed by atoms with Gasteiger partial charge in [0.25, 0.3) is 5.92 Å². The van der Waals surface area contributed by atoms with Gasteiger partial charge in [-0.25, -0.2) is 13.6 Å². The summed E-state index contributed by atoms with van der Waals surface area (Å²) in [6.07, 6.45) is -1.47. The first kappa shape index (κ1) is 14.7. The number of amides is 1. The first-order valence-corrected chi connectivity index (χ1v) is 5.55. The number of hydrogen-bond donors (Lipinski definition) is 1. The Morgan fingerprint density at radius 3 is 2.44 bits per heavy atom. The molecule has 1 aliphatic rings. The van der Waals surface area contributed by atoms with Crippen molar-refractivity contribution in [3.63, 3.8) is 0 Å². The first-order valence-electron chi connectivity index (χ1n) is 5.55. The van der Waals surface area contributed by atoms with Crippen molar-refractivity contribution in [3.8, 4) is 0 Å². The zero-order valence-electron chi connectivity index (χ0n) is 10.9. The van der Waals surface area contributed by atoms with E-state index in [1.54, 1.807) is 20.8 Å². The summed E-state index contributed by atoms with van der Waals surface area (Å²) < 4.78 is 36.3. The second kappa shape index (κ2) is 4.70. The summed E-state index contributed by atoms with van der Waals surface area (Å²) in [6, 6.07) is -1.07. The highest BCUT2D eigenvalue weighted by Crippen LogP contribution is 2.33. The van der Waals surface area contributed by atoms with E-state index in [9.17, 15) is 13.6 Å². The molecule has 1 rings (SSSR count). The lowest BCUT2D eigenvalue weighted by Gasteiger charge is -2.27. The van der Waals surface area contributed by atoms with E-state index >= 15 is 0 Å². The Labute approximate surface area is 105 Å². The molecule has 0 saturated carbocycles. The molecule has 0 spiro atoms. The van der Waals surface area contributed by atoms with Gasteiger partial charge in [-0.3, -0.25) is 10.3 Å². The third kappa shape index (κ3) is 3.54. The SMILES string of the molecule is COC(=N)C1CC(F)(F)CN1C(=O)OC(C)(C)C. The van der Waals surface area contributed by atoms with Gasteiger partial charge >= 0.3 is 6.09 Å². The summed E-state index contributed by atoms with van der Waals surface area (Å²) in [7, 11) is 1.21. The van der Waals surface area contributed by atoms with Crippen LogP contribution in [0.5, 0.6) is 0 Å². The molecule has 1 heterocycles. The maximum absolute atomic E-state index is 13.3. The lowest BCUT2D eigenvalue weighted by atomic mass is 10.2. The highest BCUT2D eigenvalue weighted by Gasteiger charge is 2.50. The Morgan fingerprint density at radius 1 is 1.44 bits per heavy atom. The van der Waals surface area contributed by atoms with E-state index in [-0.39, 0.29) is 5.90 Å². The van der Waals surface area contributed by atoms with Crippen LogP contribution in [0.25, 0.3) is 0 Å². The second-order valence-corrected chi connectivity index (χ2v) is 5.25. The van der Waals surface area contributed by atoms with E-state index in [0.717, 1.165) is 4.90 Å². The molecule has 5 nitrogen and oxygen atoms in total. The standard InChI is InChI=1S/C11H18F2N2O3/c1-10(2,3)18-9(16)15-6-11(12,13)5-7(15)8(14)17-4/h7,14H,5-6H2,1-4H3. The minimum absolute atomic E-state index is 0.363. The van der Waals surface area contributed by atoms with Crippen molar-refractivity contribution in [1.29, 1.82) is 5.41 Å². The van der Waals surface area contributed by atoms with Crippen molar-refractivity contribution in [2.24, 2.45) is 0 Å². The number of rotatable bonds is 1. The fourth-order valence-electron chi connectivity index (χ4n) is 1.70. The van der Waals surface area contributed by atoms with Crippen LogP contribution in [0.1, 0.15) is 27.2 Å². The van der Waals surface area contributed by atoms with E-state index in [1.807, 2.05) is 0 Å². The number of carbonyl (C=O) groups excluding carboxylic acids is 1. The highest BCUT2D eigenvalue weighted by molar-refractivity contribution is 5.84. The lowest BCUT2D eigenvalue weighted by molar-refractivity contribution is -0.00217. The smallest absolute Gasteiger partial charge is 0.411 e. The van der Waals surface area contributed by atoms with Gasteiger partial charge in [-0.15, -0.1) is 0 Å². The molecule has 1 amide bonds. The molecule has 1 aliphatic heterocycles. The summed E-state index contributed by atoms with van der Waals surface area (Å²) in [6.45, 7) is 4.19. The van der Waals surface area contributed by atoms with Gasteiger partial charge in [-0.1, -0.05) is 0 Å². The molecule has 0 aromatic heterocycles. The van der Waals surface area contributed by atoms with Crippen LogP contribution in [-0.4, -0.2) is 48.1 Å². The van der Waals surface area contributed by atoms with E-state index in [1.165, 1.54) is 7.11 Å². The normalized spacial score (nSPS) is 22.8. The summed E-state index contributed by atoms with van der Waals surface area (Å²) in [4.78, 5) is 12.6. The Morgan fingerprint density at radius 2 is 2.00 bits per heavy atom. The summed E-state index contributed by atoms with van der Waals surface area (Å²) in [5, 5.41) is 7.46. The van der Waals surface area contributed by atoms with Crippen molar-refractivity contribution in [1.82, 2.24) is 4.90 Å². The van der Waals surface area contributed by atoms with Gasteiger partial charge < -0.3 is 9.47 Å². The van der Waals surface area contributed by atoms with Crippen LogP contribution in [0, 0.1) is 5.41 Å². The van der Waals surface area contributed by atoms with Crippen LogP contribution in [-0.2, 0) is 9.47 Å². The Hall–Kier alpha value is -1.40. The topological polar surface area (TPSA) is 62.6 Å². The molecule has 18 heavy (non-hydrogen) atoms. The summed E-state index contributed by atoms with van der Waals surface area (Å²) >= 11 is 0. The maximum atomic E-state index is 13.3. The Balaban J connectivity index is 2.84. The molecule has 7 heteroatoms. The number of hydrogen-bond acceptors (Lipinski definition) is 4. The number of likely N-dealkylation sites (tertiary alicyclic amines) is 1. The first-order chi connectivity index (χ1) is 8.06. The average molecular weight is 264 g/mol. The number of ether oxygens (including phenoxy) is 2. The number of carbonyl (C=O) groups is 1. The predicted molar refractivity (Wildman–Crippen MR) is 61.0 cm³/mol. The van der Waals surface area contributed by atoms with Gasteiger partial charge in [-0.05, 0) is 20.8 Å². The summed E-state index contributed by atoms with van der Waals surface area (Å²) in [5.41, 5.74) is -0.769. The number of alkyl halides is 2.